The minimum absolute atomic E-state index is 0.0792. The van der Waals surface area contributed by atoms with Crippen LogP contribution in [0.4, 0.5) is 0 Å². The number of aryl methyl sites for hydroxylation is 1. The zero-order valence-corrected chi connectivity index (χ0v) is 16.0. The Hall–Kier alpha value is -2.34. The molecule has 2 aromatic rings. The molecule has 1 amide bonds. The summed E-state index contributed by atoms with van der Waals surface area (Å²) in [7, 11) is 1.69. The number of carbonyl (C=O) groups is 1. The van der Waals surface area contributed by atoms with Crippen molar-refractivity contribution in [2.75, 3.05) is 33.3 Å². The highest BCUT2D eigenvalue weighted by Crippen LogP contribution is 2.30. The summed E-state index contributed by atoms with van der Waals surface area (Å²) in [6.45, 7) is 4.14. The molecule has 2 aliphatic heterocycles. The van der Waals surface area contributed by atoms with Gasteiger partial charge in [0.1, 0.15) is 17.3 Å². The summed E-state index contributed by atoms with van der Waals surface area (Å²) in [6.07, 6.45) is 5.35. The van der Waals surface area contributed by atoms with Gasteiger partial charge in [0.2, 0.25) is 0 Å². The fourth-order valence-corrected chi connectivity index (χ4v) is 4.24. The Kier molecular flexibility index (Phi) is 5.43. The first-order chi connectivity index (χ1) is 13.2. The minimum Gasteiger partial charge on any atom is -0.496 e. The molecule has 1 atom stereocenters. The quantitative estimate of drug-likeness (QED) is 0.822. The smallest absolute Gasteiger partial charge is 0.271 e. The lowest BCUT2D eigenvalue weighted by Crippen LogP contribution is -2.26. The van der Waals surface area contributed by atoms with Gasteiger partial charge in [-0.2, -0.15) is 0 Å². The van der Waals surface area contributed by atoms with E-state index in [0.29, 0.717) is 12.2 Å². The number of nitrogens with zero attached hydrogens (tertiary/aromatic N) is 2. The van der Waals surface area contributed by atoms with Crippen LogP contribution in [-0.4, -0.2) is 54.1 Å². The SMILES string of the molecule is COc1ccccc1[C@H]1CNC(=O)c2nc(CCCN3CCCC3)[nH]c2C1. The highest BCUT2D eigenvalue weighted by molar-refractivity contribution is 5.94. The number of aromatic amines is 1. The molecule has 0 radical (unpaired) electrons. The first kappa shape index (κ1) is 18.0. The molecule has 1 aromatic heterocycles. The van der Waals surface area contributed by atoms with E-state index in [1.54, 1.807) is 7.11 Å². The van der Waals surface area contributed by atoms with E-state index < -0.39 is 0 Å². The van der Waals surface area contributed by atoms with Crippen molar-refractivity contribution in [3.63, 3.8) is 0 Å². The topological polar surface area (TPSA) is 70.2 Å². The van der Waals surface area contributed by atoms with E-state index in [4.69, 9.17) is 4.74 Å². The summed E-state index contributed by atoms with van der Waals surface area (Å²) in [6, 6.07) is 8.04. The second kappa shape index (κ2) is 8.13. The number of imidazole rings is 1. The van der Waals surface area contributed by atoms with Crippen molar-refractivity contribution >= 4 is 5.91 Å². The van der Waals surface area contributed by atoms with Crippen LogP contribution in [0.25, 0.3) is 0 Å². The number of aromatic nitrogens is 2. The maximum atomic E-state index is 12.5. The van der Waals surface area contributed by atoms with Crippen molar-refractivity contribution in [2.24, 2.45) is 0 Å². The van der Waals surface area contributed by atoms with Gasteiger partial charge in [-0.3, -0.25) is 4.79 Å². The summed E-state index contributed by atoms with van der Waals surface area (Å²) in [4.78, 5) is 23.1. The number of para-hydroxylation sites is 1. The first-order valence-corrected chi connectivity index (χ1v) is 9.96. The largest absolute Gasteiger partial charge is 0.496 e. The van der Waals surface area contributed by atoms with Crippen LogP contribution < -0.4 is 10.1 Å². The molecule has 144 valence electrons. The summed E-state index contributed by atoms with van der Waals surface area (Å²) >= 11 is 0. The van der Waals surface area contributed by atoms with Crippen molar-refractivity contribution in [1.82, 2.24) is 20.2 Å². The third kappa shape index (κ3) is 4.00. The number of fused-ring (bicyclic) bond motifs is 1. The Labute approximate surface area is 160 Å². The molecule has 0 saturated carbocycles. The monoisotopic (exact) mass is 368 g/mol. The second-order valence-electron chi connectivity index (χ2n) is 7.52. The highest BCUT2D eigenvalue weighted by Gasteiger charge is 2.27. The maximum Gasteiger partial charge on any atom is 0.271 e. The van der Waals surface area contributed by atoms with Gasteiger partial charge in [0.05, 0.1) is 7.11 Å². The molecular formula is C21H28N4O2. The van der Waals surface area contributed by atoms with Crippen LogP contribution in [-0.2, 0) is 12.8 Å². The summed E-state index contributed by atoms with van der Waals surface area (Å²) in [5.41, 5.74) is 2.62. The number of hydrogen-bond donors (Lipinski definition) is 2. The van der Waals surface area contributed by atoms with Crippen molar-refractivity contribution in [3.05, 3.63) is 47.0 Å². The van der Waals surface area contributed by atoms with Crippen LogP contribution in [0, 0.1) is 0 Å². The molecule has 1 saturated heterocycles. The van der Waals surface area contributed by atoms with Gasteiger partial charge in [-0.05, 0) is 56.9 Å². The van der Waals surface area contributed by atoms with Gasteiger partial charge < -0.3 is 19.9 Å². The normalized spacial score (nSPS) is 20.2. The third-order valence-electron chi connectivity index (χ3n) is 5.67. The number of nitrogens with one attached hydrogen (secondary N) is 2. The molecule has 1 aromatic carbocycles. The second-order valence-corrected chi connectivity index (χ2v) is 7.52. The molecule has 3 heterocycles. The third-order valence-corrected chi connectivity index (χ3v) is 5.67. The van der Waals surface area contributed by atoms with E-state index in [1.165, 1.54) is 25.9 Å². The number of likely N-dealkylation sites (tertiary alicyclic amines) is 1. The van der Waals surface area contributed by atoms with Crippen LogP contribution in [0.15, 0.2) is 24.3 Å². The zero-order valence-electron chi connectivity index (χ0n) is 16.0. The lowest BCUT2D eigenvalue weighted by molar-refractivity contribution is 0.0950. The summed E-state index contributed by atoms with van der Waals surface area (Å²) in [5, 5.41) is 3.03. The van der Waals surface area contributed by atoms with Gasteiger partial charge in [-0.1, -0.05) is 18.2 Å². The molecule has 0 aliphatic carbocycles. The highest BCUT2D eigenvalue weighted by atomic mass is 16.5. The van der Waals surface area contributed by atoms with Crippen molar-refractivity contribution in [3.8, 4) is 5.75 Å². The fourth-order valence-electron chi connectivity index (χ4n) is 4.24. The minimum atomic E-state index is -0.0792. The molecule has 0 bridgehead atoms. The van der Waals surface area contributed by atoms with Crippen molar-refractivity contribution in [2.45, 2.75) is 38.0 Å². The molecule has 1 fully saturated rings. The van der Waals surface area contributed by atoms with Crippen LogP contribution in [0.5, 0.6) is 5.75 Å². The van der Waals surface area contributed by atoms with E-state index in [-0.39, 0.29) is 11.8 Å². The molecule has 6 heteroatoms. The van der Waals surface area contributed by atoms with Crippen LogP contribution in [0.3, 0.4) is 0 Å². The number of ether oxygens (including phenoxy) is 1. The van der Waals surface area contributed by atoms with Gasteiger partial charge in [0, 0.05) is 24.6 Å². The molecule has 6 nitrogen and oxygen atoms in total. The Morgan fingerprint density at radius 3 is 2.89 bits per heavy atom. The van der Waals surface area contributed by atoms with Crippen LogP contribution in [0.1, 0.15) is 52.8 Å². The number of carbonyl (C=O) groups excluding carboxylic acids is 1. The predicted octanol–water partition coefficient (Wildman–Crippen LogP) is 2.52. The van der Waals surface area contributed by atoms with Gasteiger partial charge >= 0.3 is 0 Å². The molecule has 0 unspecified atom stereocenters. The van der Waals surface area contributed by atoms with E-state index in [9.17, 15) is 4.79 Å². The predicted molar refractivity (Wildman–Crippen MR) is 104 cm³/mol. The van der Waals surface area contributed by atoms with Crippen molar-refractivity contribution < 1.29 is 9.53 Å². The van der Waals surface area contributed by atoms with E-state index in [2.05, 4.69) is 26.3 Å². The number of amides is 1. The van der Waals surface area contributed by atoms with Crippen LogP contribution in [0.2, 0.25) is 0 Å². The Bertz CT molecular complexity index is 795. The summed E-state index contributed by atoms with van der Waals surface area (Å²) < 4.78 is 5.52. The average Bonchev–Trinajstić information content (AvgIpc) is 3.32. The van der Waals surface area contributed by atoms with Crippen LogP contribution >= 0.6 is 0 Å². The van der Waals surface area contributed by atoms with E-state index in [0.717, 1.165) is 48.6 Å². The summed E-state index contributed by atoms with van der Waals surface area (Å²) in [5.74, 6) is 1.88. The molecule has 0 spiro atoms. The standard InChI is InChI=1S/C21H28N4O2/c1-27-18-8-3-2-7-16(18)15-13-17-20(21(26)22-14-15)24-19(23-17)9-6-12-25-10-4-5-11-25/h2-3,7-8,15H,4-6,9-14H2,1H3,(H,22,26)(H,23,24)/t15-/m1/s1. The fraction of sp³-hybridized carbons (Fsp3) is 0.524. The Balaban J connectivity index is 1.47. The number of hydrogen-bond acceptors (Lipinski definition) is 4. The molecule has 4 rings (SSSR count). The van der Waals surface area contributed by atoms with E-state index in [1.807, 2.05) is 18.2 Å². The molecule has 2 N–H and O–H groups in total. The number of rotatable bonds is 6. The molecule has 2 aliphatic rings. The lowest BCUT2D eigenvalue weighted by atomic mass is 9.93. The number of methoxy groups -OCH3 is 1. The number of benzene rings is 1. The number of H-pyrrole nitrogens is 1. The van der Waals surface area contributed by atoms with Crippen molar-refractivity contribution in [1.29, 1.82) is 0 Å². The Morgan fingerprint density at radius 1 is 1.26 bits per heavy atom. The first-order valence-electron chi connectivity index (χ1n) is 9.96. The maximum absolute atomic E-state index is 12.5. The van der Waals surface area contributed by atoms with Gasteiger partial charge in [0.15, 0.2) is 0 Å². The Morgan fingerprint density at radius 2 is 2.07 bits per heavy atom. The molecular weight excluding hydrogens is 340 g/mol. The van der Waals surface area contributed by atoms with E-state index >= 15 is 0 Å². The lowest BCUT2D eigenvalue weighted by Gasteiger charge is -2.17. The zero-order chi connectivity index (χ0) is 18.6. The average molecular weight is 368 g/mol. The van der Waals surface area contributed by atoms with Gasteiger partial charge in [0.25, 0.3) is 5.91 Å². The van der Waals surface area contributed by atoms with Gasteiger partial charge in [-0.25, -0.2) is 4.98 Å². The molecule has 27 heavy (non-hydrogen) atoms. The van der Waals surface area contributed by atoms with Gasteiger partial charge in [-0.15, -0.1) is 0 Å².